The number of hydrogen-bond acceptors (Lipinski definition) is 5. The molecule has 1 atom stereocenters. The highest BCUT2D eigenvalue weighted by molar-refractivity contribution is 7.88. The van der Waals surface area contributed by atoms with Gasteiger partial charge in [0.2, 0.25) is 10.0 Å². The Morgan fingerprint density at radius 3 is 2.92 bits per heavy atom. The molecule has 8 heteroatoms. The first-order chi connectivity index (χ1) is 12.5. The van der Waals surface area contributed by atoms with Crippen LogP contribution in [0.5, 0.6) is 0 Å². The van der Waals surface area contributed by atoms with Gasteiger partial charge in [-0.15, -0.1) is 0 Å². The normalized spacial score (nSPS) is 19.0. The predicted octanol–water partition coefficient (Wildman–Crippen LogP) is 1.87. The number of aromatic nitrogens is 3. The molecule has 1 saturated heterocycles. The summed E-state index contributed by atoms with van der Waals surface area (Å²) < 4.78 is 35.0. The largest absolute Gasteiger partial charge is 0.371 e. The van der Waals surface area contributed by atoms with Crippen molar-refractivity contribution < 1.29 is 13.2 Å². The Hall–Kier alpha value is -2.29. The van der Waals surface area contributed by atoms with E-state index in [4.69, 9.17) is 4.74 Å². The number of pyridine rings is 1. The van der Waals surface area contributed by atoms with Crippen LogP contribution in [0.15, 0.2) is 48.9 Å². The Kier molecular flexibility index (Phi) is 4.47. The Morgan fingerprint density at radius 2 is 2.12 bits per heavy atom. The number of hydrogen-bond donors (Lipinski definition) is 0. The average molecular weight is 372 g/mol. The smallest absolute Gasteiger partial charge is 0.218 e. The maximum Gasteiger partial charge on any atom is 0.218 e. The van der Waals surface area contributed by atoms with E-state index in [1.165, 1.54) is 4.31 Å². The first-order valence-electron chi connectivity index (χ1n) is 8.43. The molecule has 0 bridgehead atoms. The lowest BCUT2D eigenvalue weighted by atomic mass is 10.1. The topological polar surface area (TPSA) is 77.3 Å². The van der Waals surface area contributed by atoms with E-state index in [0.29, 0.717) is 25.3 Å². The van der Waals surface area contributed by atoms with Gasteiger partial charge >= 0.3 is 0 Å². The van der Waals surface area contributed by atoms with Crippen molar-refractivity contribution >= 4 is 20.9 Å². The monoisotopic (exact) mass is 372 g/mol. The van der Waals surface area contributed by atoms with Crippen molar-refractivity contribution in [1.29, 1.82) is 0 Å². The van der Waals surface area contributed by atoms with Crippen LogP contribution in [-0.4, -0.2) is 47.2 Å². The van der Waals surface area contributed by atoms with Crippen molar-refractivity contribution in [3.8, 4) is 0 Å². The van der Waals surface area contributed by atoms with Crippen LogP contribution < -0.4 is 0 Å². The van der Waals surface area contributed by atoms with E-state index in [2.05, 4.69) is 10.1 Å². The SMILES string of the molecule is Cn1cc([C@H]2CN(S(=O)(=O)Cc3cccc4cccnc34)CCO2)cn1. The first kappa shape index (κ1) is 17.1. The average Bonchev–Trinajstić information content (AvgIpc) is 3.08. The molecule has 136 valence electrons. The fourth-order valence-electron chi connectivity index (χ4n) is 3.26. The van der Waals surface area contributed by atoms with Gasteiger partial charge < -0.3 is 4.74 Å². The van der Waals surface area contributed by atoms with E-state index in [-0.39, 0.29) is 11.9 Å². The lowest BCUT2D eigenvalue weighted by Gasteiger charge is -2.31. The van der Waals surface area contributed by atoms with Crippen LogP contribution in [0.1, 0.15) is 17.2 Å². The van der Waals surface area contributed by atoms with Crippen molar-refractivity contribution in [2.45, 2.75) is 11.9 Å². The third-order valence-electron chi connectivity index (χ3n) is 4.57. The van der Waals surface area contributed by atoms with Gasteiger partial charge in [0, 0.05) is 43.5 Å². The van der Waals surface area contributed by atoms with E-state index in [1.54, 1.807) is 17.1 Å². The van der Waals surface area contributed by atoms with Gasteiger partial charge in [-0.25, -0.2) is 8.42 Å². The Labute approximate surface area is 152 Å². The quantitative estimate of drug-likeness (QED) is 0.699. The van der Waals surface area contributed by atoms with Crippen molar-refractivity contribution in [3.63, 3.8) is 0 Å². The summed E-state index contributed by atoms with van der Waals surface area (Å²) in [7, 11) is -1.65. The molecular weight excluding hydrogens is 352 g/mol. The lowest BCUT2D eigenvalue weighted by Crippen LogP contribution is -2.42. The molecule has 1 fully saturated rings. The van der Waals surface area contributed by atoms with Crippen LogP contribution >= 0.6 is 0 Å². The van der Waals surface area contributed by atoms with E-state index in [1.807, 2.05) is 43.6 Å². The van der Waals surface area contributed by atoms with E-state index in [9.17, 15) is 8.42 Å². The predicted molar refractivity (Wildman–Crippen MR) is 97.8 cm³/mol. The van der Waals surface area contributed by atoms with Crippen LogP contribution in [0.4, 0.5) is 0 Å². The Balaban J connectivity index is 1.58. The number of aryl methyl sites for hydroxylation is 1. The molecule has 0 aliphatic carbocycles. The van der Waals surface area contributed by atoms with Gasteiger partial charge in [-0.05, 0) is 11.6 Å². The molecule has 1 aromatic carbocycles. The number of para-hydroxylation sites is 1. The van der Waals surface area contributed by atoms with E-state index in [0.717, 1.165) is 16.5 Å². The molecular formula is C18H20N4O3S. The second-order valence-corrected chi connectivity index (χ2v) is 8.38. The van der Waals surface area contributed by atoms with Crippen molar-refractivity contribution in [1.82, 2.24) is 19.1 Å². The molecule has 2 aromatic heterocycles. The van der Waals surface area contributed by atoms with Crippen molar-refractivity contribution in [3.05, 3.63) is 60.0 Å². The van der Waals surface area contributed by atoms with Crippen LogP contribution in [0.2, 0.25) is 0 Å². The van der Waals surface area contributed by atoms with Gasteiger partial charge in [-0.1, -0.05) is 24.3 Å². The van der Waals surface area contributed by atoms with E-state index < -0.39 is 10.0 Å². The minimum Gasteiger partial charge on any atom is -0.371 e. The van der Waals surface area contributed by atoms with E-state index >= 15 is 0 Å². The molecule has 7 nitrogen and oxygen atoms in total. The number of rotatable bonds is 4. The fraction of sp³-hybridized carbons (Fsp3) is 0.333. The highest BCUT2D eigenvalue weighted by atomic mass is 32.2. The van der Waals surface area contributed by atoms with Crippen LogP contribution in [-0.2, 0) is 27.6 Å². The number of nitrogens with zero attached hydrogens (tertiary/aromatic N) is 4. The number of fused-ring (bicyclic) bond motifs is 1. The molecule has 0 amide bonds. The zero-order chi connectivity index (χ0) is 18.1. The number of ether oxygens (including phenoxy) is 1. The van der Waals surface area contributed by atoms with Gasteiger partial charge in [0.1, 0.15) is 0 Å². The third-order valence-corrected chi connectivity index (χ3v) is 6.37. The lowest BCUT2D eigenvalue weighted by molar-refractivity contribution is -0.00263. The molecule has 0 N–H and O–H groups in total. The summed E-state index contributed by atoms with van der Waals surface area (Å²) >= 11 is 0. The zero-order valence-corrected chi connectivity index (χ0v) is 15.3. The number of sulfonamides is 1. The molecule has 3 aromatic rings. The molecule has 3 heterocycles. The summed E-state index contributed by atoms with van der Waals surface area (Å²) in [6, 6.07) is 9.41. The molecule has 4 rings (SSSR count). The highest BCUT2D eigenvalue weighted by Crippen LogP contribution is 2.26. The Morgan fingerprint density at radius 1 is 1.27 bits per heavy atom. The summed E-state index contributed by atoms with van der Waals surface area (Å²) in [5, 5.41) is 5.08. The first-order valence-corrected chi connectivity index (χ1v) is 10.0. The summed E-state index contributed by atoms with van der Waals surface area (Å²) in [5.74, 6) is -0.0683. The summed E-state index contributed by atoms with van der Waals surface area (Å²) in [5.41, 5.74) is 2.34. The van der Waals surface area contributed by atoms with Gasteiger partial charge in [0.15, 0.2) is 0 Å². The second-order valence-electron chi connectivity index (χ2n) is 6.41. The summed E-state index contributed by atoms with van der Waals surface area (Å²) in [4.78, 5) is 4.36. The molecule has 1 aliphatic heterocycles. The summed E-state index contributed by atoms with van der Waals surface area (Å²) in [6.45, 7) is 1.02. The fourth-order valence-corrected chi connectivity index (χ4v) is 4.78. The highest BCUT2D eigenvalue weighted by Gasteiger charge is 2.31. The molecule has 0 saturated carbocycles. The van der Waals surface area contributed by atoms with Crippen LogP contribution in [0, 0.1) is 0 Å². The molecule has 0 unspecified atom stereocenters. The molecule has 26 heavy (non-hydrogen) atoms. The minimum absolute atomic E-state index is 0.0683. The zero-order valence-electron chi connectivity index (χ0n) is 14.4. The molecule has 0 radical (unpaired) electrons. The number of benzene rings is 1. The Bertz CT molecular complexity index is 1030. The maximum absolute atomic E-state index is 13.0. The third kappa shape index (κ3) is 3.35. The number of morpholine rings is 1. The second kappa shape index (κ2) is 6.79. The summed E-state index contributed by atoms with van der Waals surface area (Å²) in [6.07, 6.45) is 4.97. The van der Waals surface area contributed by atoms with Gasteiger partial charge in [0.25, 0.3) is 0 Å². The molecule has 1 aliphatic rings. The minimum atomic E-state index is -3.48. The molecule has 0 spiro atoms. The van der Waals surface area contributed by atoms with Gasteiger partial charge in [0.05, 0.1) is 30.2 Å². The maximum atomic E-state index is 13.0. The van der Waals surface area contributed by atoms with Crippen LogP contribution in [0.3, 0.4) is 0 Å². The standard InChI is InChI=1S/C18H20N4O3S/c1-21-11-16(10-20-21)17-12-22(8-9-25-17)26(23,24)13-15-5-2-4-14-6-3-7-19-18(14)15/h2-7,10-11,17H,8-9,12-13H2,1H3/t17-/m1/s1. The van der Waals surface area contributed by atoms with Crippen molar-refractivity contribution in [2.75, 3.05) is 19.7 Å². The van der Waals surface area contributed by atoms with Crippen molar-refractivity contribution in [2.24, 2.45) is 7.05 Å². The van der Waals surface area contributed by atoms with Crippen LogP contribution in [0.25, 0.3) is 10.9 Å². The van der Waals surface area contributed by atoms with Gasteiger partial charge in [-0.2, -0.15) is 9.40 Å². The van der Waals surface area contributed by atoms with Gasteiger partial charge in [-0.3, -0.25) is 9.67 Å².